The molecule has 0 saturated heterocycles. The first-order valence-electron chi connectivity index (χ1n) is 7.25. The summed E-state index contributed by atoms with van der Waals surface area (Å²) in [6.45, 7) is 0. The van der Waals surface area contributed by atoms with Gasteiger partial charge in [-0.2, -0.15) is 18.3 Å². The summed E-state index contributed by atoms with van der Waals surface area (Å²) >= 11 is 0. The molecule has 0 N–H and O–H groups in total. The van der Waals surface area contributed by atoms with Crippen molar-refractivity contribution in [2.75, 3.05) is 6.26 Å². The Kier molecular flexibility index (Phi) is 4.50. The van der Waals surface area contributed by atoms with Crippen molar-refractivity contribution in [3.05, 3.63) is 60.1 Å². The summed E-state index contributed by atoms with van der Waals surface area (Å²) in [5, 5.41) is 3.38. The maximum Gasteiger partial charge on any atom is 0.435 e. The quantitative estimate of drug-likeness (QED) is 0.627. The summed E-state index contributed by atoms with van der Waals surface area (Å²) in [5.74, 6) is -2.87. The summed E-state index contributed by atoms with van der Waals surface area (Å²) < 4.78 is 91.2. The normalized spacial score (nSPS) is 12.4. The number of nitrogens with zero attached hydrogens (tertiary/aromatic N) is 3. The zero-order chi connectivity index (χ0) is 20.0. The van der Waals surface area contributed by atoms with Crippen LogP contribution in [-0.4, -0.2) is 29.4 Å². The van der Waals surface area contributed by atoms with E-state index < -0.39 is 43.9 Å². The molecule has 11 heteroatoms. The Bertz CT molecular complexity index is 1090. The summed E-state index contributed by atoms with van der Waals surface area (Å²) in [7, 11) is -4.21. The molecule has 2 aromatic heterocycles. The molecule has 0 fully saturated rings. The molecule has 27 heavy (non-hydrogen) atoms. The fourth-order valence-electron chi connectivity index (χ4n) is 2.46. The van der Waals surface area contributed by atoms with Crippen LogP contribution in [0.5, 0.6) is 0 Å². The van der Waals surface area contributed by atoms with Crippen LogP contribution >= 0.6 is 0 Å². The van der Waals surface area contributed by atoms with E-state index in [1.54, 1.807) is 0 Å². The third kappa shape index (κ3) is 3.68. The van der Waals surface area contributed by atoms with Gasteiger partial charge in [0, 0.05) is 36.3 Å². The van der Waals surface area contributed by atoms with Gasteiger partial charge in [-0.15, -0.1) is 0 Å². The van der Waals surface area contributed by atoms with E-state index in [0.29, 0.717) is 29.1 Å². The highest BCUT2D eigenvalue weighted by atomic mass is 32.2. The van der Waals surface area contributed by atoms with Crippen molar-refractivity contribution in [2.45, 2.75) is 11.1 Å². The van der Waals surface area contributed by atoms with Gasteiger partial charge in [0.25, 0.3) is 0 Å². The number of hydrogen-bond acceptors (Lipinski definition) is 4. The van der Waals surface area contributed by atoms with Crippen LogP contribution in [0, 0.1) is 11.6 Å². The topological polar surface area (TPSA) is 64.8 Å². The van der Waals surface area contributed by atoms with Crippen LogP contribution in [0.25, 0.3) is 16.9 Å². The van der Waals surface area contributed by atoms with Crippen molar-refractivity contribution in [3.63, 3.8) is 0 Å². The van der Waals surface area contributed by atoms with Crippen molar-refractivity contribution >= 4 is 9.84 Å². The van der Waals surface area contributed by atoms with E-state index in [9.17, 15) is 30.4 Å². The van der Waals surface area contributed by atoms with E-state index in [2.05, 4.69) is 10.1 Å². The van der Waals surface area contributed by atoms with E-state index in [-0.39, 0.29) is 11.3 Å². The molecule has 0 unspecified atom stereocenters. The standard InChI is InChI=1S/C16H10F5N3O2S/c1-27(25,26)15-11(17)5-10(6-12(15)18)24-13(9-3-2-4-22-8-9)7-14(23-24)16(19,20)21/h2-8H,1H3. The van der Waals surface area contributed by atoms with Gasteiger partial charge in [-0.25, -0.2) is 21.9 Å². The van der Waals surface area contributed by atoms with Gasteiger partial charge < -0.3 is 0 Å². The molecule has 0 aliphatic carbocycles. The molecule has 3 aromatic rings. The van der Waals surface area contributed by atoms with E-state index in [0.717, 1.165) is 0 Å². The van der Waals surface area contributed by atoms with Gasteiger partial charge >= 0.3 is 6.18 Å². The summed E-state index contributed by atoms with van der Waals surface area (Å²) in [4.78, 5) is 2.63. The summed E-state index contributed by atoms with van der Waals surface area (Å²) in [6, 6.07) is 4.82. The molecular formula is C16H10F5N3O2S. The van der Waals surface area contributed by atoms with Gasteiger partial charge in [0.2, 0.25) is 0 Å². The predicted molar refractivity (Wildman–Crippen MR) is 84.8 cm³/mol. The number of sulfone groups is 1. The smallest absolute Gasteiger partial charge is 0.264 e. The average molecular weight is 403 g/mol. The Morgan fingerprint density at radius 3 is 2.19 bits per heavy atom. The van der Waals surface area contributed by atoms with Gasteiger partial charge in [-0.1, -0.05) is 0 Å². The average Bonchev–Trinajstić information content (AvgIpc) is 2.99. The van der Waals surface area contributed by atoms with Gasteiger partial charge in [-0.05, 0) is 18.2 Å². The lowest BCUT2D eigenvalue weighted by Crippen LogP contribution is -2.10. The summed E-state index contributed by atoms with van der Waals surface area (Å²) in [6.07, 6.45) is -1.53. The van der Waals surface area contributed by atoms with Gasteiger partial charge in [0.1, 0.15) is 16.5 Å². The Morgan fingerprint density at radius 2 is 1.70 bits per heavy atom. The van der Waals surface area contributed by atoms with Crippen LogP contribution in [0.2, 0.25) is 0 Å². The minimum Gasteiger partial charge on any atom is -0.264 e. The zero-order valence-electron chi connectivity index (χ0n) is 13.5. The first-order valence-corrected chi connectivity index (χ1v) is 9.15. The first-order chi connectivity index (χ1) is 12.5. The fourth-order valence-corrected chi connectivity index (χ4v) is 3.29. The maximum atomic E-state index is 14.2. The van der Waals surface area contributed by atoms with E-state index in [1.807, 2.05) is 0 Å². The highest BCUT2D eigenvalue weighted by molar-refractivity contribution is 7.90. The highest BCUT2D eigenvalue weighted by Gasteiger charge is 2.35. The Balaban J connectivity index is 2.27. The molecule has 0 aliphatic heterocycles. The number of alkyl halides is 3. The molecule has 142 valence electrons. The maximum absolute atomic E-state index is 14.2. The number of benzene rings is 1. The molecule has 0 amide bonds. The van der Waals surface area contributed by atoms with Crippen LogP contribution < -0.4 is 0 Å². The van der Waals surface area contributed by atoms with Crippen molar-refractivity contribution in [1.82, 2.24) is 14.8 Å². The van der Waals surface area contributed by atoms with Crippen LogP contribution in [0.1, 0.15) is 5.69 Å². The lowest BCUT2D eigenvalue weighted by Gasteiger charge is -2.10. The largest absolute Gasteiger partial charge is 0.435 e. The van der Waals surface area contributed by atoms with Crippen molar-refractivity contribution < 1.29 is 30.4 Å². The second kappa shape index (κ2) is 6.41. The Labute approximate surface area is 150 Å². The fraction of sp³-hybridized carbons (Fsp3) is 0.125. The number of pyridine rings is 1. The molecule has 0 spiro atoms. The lowest BCUT2D eigenvalue weighted by molar-refractivity contribution is -0.141. The number of rotatable bonds is 3. The van der Waals surface area contributed by atoms with Crippen LogP contribution in [0.15, 0.2) is 47.6 Å². The molecule has 5 nitrogen and oxygen atoms in total. The molecule has 3 rings (SSSR count). The molecule has 2 heterocycles. The van der Waals surface area contributed by atoms with Gasteiger partial charge in [-0.3, -0.25) is 4.98 Å². The molecular weight excluding hydrogens is 393 g/mol. The lowest BCUT2D eigenvalue weighted by atomic mass is 10.2. The molecule has 0 aliphatic rings. The second-order valence-electron chi connectivity index (χ2n) is 5.58. The van der Waals surface area contributed by atoms with Crippen molar-refractivity contribution in [3.8, 4) is 16.9 Å². The van der Waals surface area contributed by atoms with Gasteiger partial charge in [0.15, 0.2) is 15.5 Å². The third-order valence-electron chi connectivity index (χ3n) is 3.56. The van der Waals surface area contributed by atoms with Crippen LogP contribution in [-0.2, 0) is 16.0 Å². The first kappa shape index (κ1) is 19.0. The van der Waals surface area contributed by atoms with E-state index in [4.69, 9.17) is 0 Å². The van der Waals surface area contributed by atoms with Crippen LogP contribution in [0.4, 0.5) is 22.0 Å². The highest BCUT2D eigenvalue weighted by Crippen LogP contribution is 2.33. The third-order valence-corrected chi connectivity index (χ3v) is 4.69. The number of aromatic nitrogens is 3. The molecule has 0 atom stereocenters. The monoisotopic (exact) mass is 403 g/mol. The van der Waals surface area contributed by atoms with Crippen LogP contribution in [0.3, 0.4) is 0 Å². The van der Waals surface area contributed by atoms with E-state index >= 15 is 0 Å². The van der Waals surface area contributed by atoms with E-state index in [1.165, 1.54) is 24.5 Å². The minimum absolute atomic E-state index is 0.124. The minimum atomic E-state index is -4.80. The molecule has 0 bridgehead atoms. The molecule has 0 radical (unpaired) electrons. The zero-order valence-corrected chi connectivity index (χ0v) is 14.3. The van der Waals surface area contributed by atoms with Crippen molar-refractivity contribution in [2.24, 2.45) is 0 Å². The Hall–Kier alpha value is -2.82. The van der Waals surface area contributed by atoms with Gasteiger partial charge in [0.05, 0.1) is 11.4 Å². The number of halogens is 5. The molecule has 1 aromatic carbocycles. The van der Waals surface area contributed by atoms with Crippen molar-refractivity contribution in [1.29, 1.82) is 0 Å². The Morgan fingerprint density at radius 1 is 1.07 bits per heavy atom. The summed E-state index contributed by atoms with van der Waals surface area (Å²) in [5.41, 5.74) is -1.60. The predicted octanol–water partition coefficient (Wildman–Crippen LogP) is 3.63. The second-order valence-corrected chi connectivity index (χ2v) is 7.53. The molecule has 0 saturated carbocycles. The SMILES string of the molecule is CS(=O)(=O)c1c(F)cc(-n2nc(C(F)(F)F)cc2-c2cccnc2)cc1F. The number of hydrogen-bond donors (Lipinski definition) is 0.